The number of benzene rings is 1. The van der Waals surface area contributed by atoms with Crippen LogP contribution in [-0.2, 0) is 0 Å². The van der Waals surface area contributed by atoms with Crippen molar-refractivity contribution < 1.29 is 9.53 Å². The largest absolute Gasteiger partial charge is 0.485 e. The number of hydrogen-bond acceptors (Lipinski definition) is 4. The van der Waals surface area contributed by atoms with Crippen molar-refractivity contribution in [1.82, 2.24) is 4.98 Å². The van der Waals surface area contributed by atoms with Gasteiger partial charge in [-0.05, 0) is 48.6 Å². The fourth-order valence-corrected chi connectivity index (χ4v) is 3.64. The number of pyridine rings is 1. The van der Waals surface area contributed by atoms with Crippen LogP contribution in [0, 0.1) is 0 Å². The normalized spacial score (nSPS) is 11.8. The van der Waals surface area contributed by atoms with E-state index in [-0.39, 0.29) is 12.0 Å². The average Bonchev–Trinajstić information content (AvgIpc) is 3.25. The van der Waals surface area contributed by atoms with Gasteiger partial charge < -0.3 is 9.64 Å². The molecule has 0 aliphatic heterocycles. The number of amides is 1. The first-order valence-corrected chi connectivity index (χ1v) is 10.0. The van der Waals surface area contributed by atoms with E-state index >= 15 is 0 Å². The Morgan fingerprint density at radius 3 is 2.81 bits per heavy atom. The molecule has 1 unspecified atom stereocenters. The monoisotopic (exact) mass is 380 g/mol. The van der Waals surface area contributed by atoms with E-state index < -0.39 is 0 Å². The minimum absolute atomic E-state index is 0.0412. The lowest BCUT2D eigenvalue weighted by Gasteiger charge is -2.21. The second-order valence-electron chi connectivity index (χ2n) is 6.37. The lowest BCUT2D eigenvalue weighted by Crippen LogP contribution is -2.26. The van der Waals surface area contributed by atoms with Crippen molar-refractivity contribution in [2.45, 2.75) is 32.3 Å². The average molecular weight is 381 g/mol. The molecule has 0 saturated carbocycles. The van der Waals surface area contributed by atoms with Gasteiger partial charge in [-0.2, -0.15) is 0 Å². The van der Waals surface area contributed by atoms with Crippen LogP contribution in [0.1, 0.15) is 47.5 Å². The minimum Gasteiger partial charge on any atom is -0.485 e. The lowest BCUT2D eigenvalue weighted by molar-refractivity contribution is 0.0992. The molecule has 4 nitrogen and oxygen atoms in total. The van der Waals surface area contributed by atoms with E-state index in [0.29, 0.717) is 5.56 Å². The number of ether oxygens (including phenoxy) is 1. The predicted octanol–water partition coefficient (Wildman–Crippen LogP) is 5.73. The van der Waals surface area contributed by atoms with E-state index in [2.05, 4.69) is 29.4 Å². The molecule has 0 N–H and O–H groups in total. The van der Waals surface area contributed by atoms with Gasteiger partial charge in [-0.1, -0.05) is 25.5 Å². The number of anilines is 1. The second kappa shape index (κ2) is 9.33. The molecule has 2 aromatic heterocycles. The number of carbonyl (C=O) groups is 1. The molecule has 0 aliphatic carbocycles. The van der Waals surface area contributed by atoms with E-state index in [9.17, 15) is 4.79 Å². The molecule has 0 spiro atoms. The second-order valence-corrected chi connectivity index (χ2v) is 7.35. The first-order valence-electron chi connectivity index (χ1n) is 9.17. The molecule has 5 heteroatoms. The van der Waals surface area contributed by atoms with Gasteiger partial charge in [0.25, 0.3) is 5.91 Å². The van der Waals surface area contributed by atoms with Crippen LogP contribution in [0.25, 0.3) is 0 Å². The number of unbranched alkanes of at least 4 members (excludes halogenated alkanes) is 1. The van der Waals surface area contributed by atoms with Crippen LogP contribution in [0.2, 0.25) is 0 Å². The molecule has 0 saturated heterocycles. The van der Waals surface area contributed by atoms with Crippen molar-refractivity contribution in [3.8, 4) is 5.75 Å². The Bertz CT molecular complexity index is 850. The highest BCUT2D eigenvalue weighted by Crippen LogP contribution is 2.31. The standard InChI is InChI=1S/C22H24N2O2S/c1-3-4-11-20(21-12-7-14-27-21)26-19-10-5-9-18(15-19)24(2)22(25)17-8-6-13-23-16-17/h5-10,12-16,20H,3-4,11H2,1-2H3. The summed E-state index contributed by atoms with van der Waals surface area (Å²) in [4.78, 5) is 19.5. The molecule has 27 heavy (non-hydrogen) atoms. The molecule has 140 valence electrons. The van der Waals surface area contributed by atoms with E-state index in [0.717, 1.165) is 30.7 Å². The number of carbonyl (C=O) groups excluding carboxylic acids is 1. The van der Waals surface area contributed by atoms with Crippen LogP contribution in [-0.4, -0.2) is 17.9 Å². The molecule has 0 fully saturated rings. The van der Waals surface area contributed by atoms with Gasteiger partial charge in [-0.3, -0.25) is 9.78 Å². The van der Waals surface area contributed by atoms with Gasteiger partial charge in [0, 0.05) is 36.1 Å². The summed E-state index contributed by atoms with van der Waals surface area (Å²) in [5.41, 5.74) is 1.35. The molecule has 3 aromatic rings. The highest BCUT2D eigenvalue weighted by atomic mass is 32.1. The van der Waals surface area contributed by atoms with Gasteiger partial charge in [0.15, 0.2) is 0 Å². The fraction of sp³-hybridized carbons (Fsp3) is 0.273. The SMILES string of the molecule is CCCCC(Oc1cccc(N(C)C(=O)c2cccnc2)c1)c1cccs1. The molecule has 1 aromatic carbocycles. The van der Waals surface area contributed by atoms with Crippen LogP contribution in [0.5, 0.6) is 5.75 Å². The van der Waals surface area contributed by atoms with Gasteiger partial charge in [-0.15, -0.1) is 11.3 Å². The van der Waals surface area contributed by atoms with E-state index in [1.165, 1.54) is 4.88 Å². The van der Waals surface area contributed by atoms with Gasteiger partial charge in [0.05, 0.1) is 5.56 Å². The van der Waals surface area contributed by atoms with Gasteiger partial charge in [-0.25, -0.2) is 0 Å². The summed E-state index contributed by atoms with van der Waals surface area (Å²) in [6, 6.07) is 15.4. The zero-order valence-corrected chi connectivity index (χ0v) is 16.5. The zero-order chi connectivity index (χ0) is 19.1. The first-order chi connectivity index (χ1) is 13.2. The van der Waals surface area contributed by atoms with Crippen LogP contribution in [0.4, 0.5) is 5.69 Å². The molecule has 1 atom stereocenters. The van der Waals surface area contributed by atoms with E-state index in [4.69, 9.17) is 4.74 Å². The van der Waals surface area contributed by atoms with Crippen molar-refractivity contribution in [3.05, 3.63) is 76.7 Å². The predicted molar refractivity (Wildman–Crippen MR) is 111 cm³/mol. The summed E-state index contributed by atoms with van der Waals surface area (Å²) >= 11 is 1.72. The Morgan fingerprint density at radius 1 is 1.22 bits per heavy atom. The third kappa shape index (κ3) is 4.95. The Labute approximate surface area is 164 Å². The van der Waals surface area contributed by atoms with Crippen molar-refractivity contribution in [2.24, 2.45) is 0 Å². The van der Waals surface area contributed by atoms with E-state index in [1.807, 2.05) is 24.3 Å². The maximum absolute atomic E-state index is 12.7. The van der Waals surface area contributed by atoms with E-state index in [1.54, 1.807) is 47.8 Å². The third-order valence-corrected chi connectivity index (χ3v) is 5.34. The van der Waals surface area contributed by atoms with Crippen LogP contribution >= 0.6 is 11.3 Å². The summed E-state index contributed by atoms with van der Waals surface area (Å²) in [7, 11) is 1.77. The minimum atomic E-state index is -0.0963. The molecular formula is C22H24N2O2S. The molecular weight excluding hydrogens is 356 g/mol. The zero-order valence-electron chi connectivity index (χ0n) is 15.7. The number of nitrogens with zero attached hydrogens (tertiary/aromatic N) is 2. The van der Waals surface area contributed by atoms with Gasteiger partial charge in [0.1, 0.15) is 11.9 Å². The quantitative estimate of drug-likeness (QED) is 0.501. The molecule has 1 amide bonds. The summed E-state index contributed by atoms with van der Waals surface area (Å²) in [5.74, 6) is 0.675. The smallest absolute Gasteiger partial charge is 0.259 e. The number of thiophene rings is 1. The van der Waals surface area contributed by atoms with Gasteiger partial charge >= 0.3 is 0 Å². The third-order valence-electron chi connectivity index (χ3n) is 4.38. The number of aromatic nitrogens is 1. The summed E-state index contributed by atoms with van der Waals surface area (Å²) in [6.45, 7) is 2.19. The summed E-state index contributed by atoms with van der Waals surface area (Å²) in [5, 5.41) is 2.08. The summed E-state index contributed by atoms with van der Waals surface area (Å²) < 4.78 is 6.30. The lowest BCUT2D eigenvalue weighted by atomic mass is 10.1. The van der Waals surface area contributed by atoms with Crippen molar-refractivity contribution in [1.29, 1.82) is 0 Å². The number of hydrogen-bond donors (Lipinski definition) is 0. The maximum atomic E-state index is 12.7. The number of rotatable bonds is 8. The molecule has 0 aliphatic rings. The van der Waals surface area contributed by atoms with Crippen molar-refractivity contribution in [3.63, 3.8) is 0 Å². The molecule has 0 bridgehead atoms. The highest BCUT2D eigenvalue weighted by molar-refractivity contribution is 7.10. The Morgan fingerprint density at radius 2 is 2.11 bits per heavy atom. The first kappa shape index (κ1) is 19.1. The van der Waals surface area contributed by atoms with Crippen molar-refractivity contribution in [2.75, 3.05) is 11.9 Å². The Kier molecular flexibility index (Phi) is 6.60. The van der Waals surface area contributed by atoms with Crippen molar-refractivity contribution >= 4 is 22.9 Å². The Hall–Kier alpha value is -2.66. The van der Waals surface area contributed by atoms with Gasteiger partial charge in [0.2, 0.25) is 0 Å². The van der Waals surface area contributed by atoms with Crippen LogP contribution < -0.4 is 9.64 Å². The van der Waals surface area contributed by atoms with Crippen LogP contribution in [0.3, 0.4) is 0 Å². The maximum Gasteiger partial charge on any atom is 0.259 e. The fourth-order valence-electron chi connectivity index (χ4n) is 2.85. The molecule has 0 radical (unpaired) electrons. The van der Waals surface area contributed by atoms with Crippen LogP contribution in [0.15, 0.2) is 66.3 Å². The molecule has 2 heterocycles. The topological polar surface area (TPSA) is 42.4 Å². The summed E-state index contributed by atoms with van der Waals surface area (Å²) in [6.07, 6.45) is 6.50. The molecule has 3 rings (SSSR count). The highest BCUT2D eigenvalue weighted by Gasteiger charge is 2.17. The Balaban J connectivity index is 1.77.